The summed E-state index contributed by atoms with van der Waals surface area (Å²) in [4.78, 5) is 11.5. The second kappa shape index (κ2) is 8.79. The fraction of sp³-hybridized carbons (Fsp3) is 0.500. The molecule has 1 aliphatic heterocycles. The smallest absolute Gasteiger partial charge is 0.330 e. The predicted octanol–water partition coefficient (Wildman–Crippen LogP) is 3.66. The van der Waals surface area contributed by atoms with E-state index in [1.165, 1.54) is 18.2 Å². The minimum atomic E-state index is -0.485. The van der Waals surface area contributed by atoms with Crippen LogP contribution in [-0.4, -0.2) is 31.9 Å². The lowest BCUT2D eigenvalue weighted by Gasteiger charge is -2.20. The minimum Gasteiger partial charge on any atom is -0.463 e. The molecule has 2 rings (SSSR count). The van der Waals surface area contributed by atoms with Gasteiger partial charge in [0.1, 0.15) is 11.9 Å². The molecule has 1 aromatic rings. The highest BCUT2D eigenvalue weighted by molar-refractivity contribution is 5.87. The van der Waals surface area contributed by atoms with E-state index in [4.69, 9.17) is 14.2 Å². The van der Waals surface area contributed by atoms with E-state index in [1.807, 2.05) is 6.07 Å². The van der Waals surface area contributed by atoms with E-state index < -0.39 is 5.97 Å². The molecule has 4 nitrogen and oxygen atoms in total. The van der Waals surface area contributed by atoms with Crippen molar-refractivity contribution in [3.8, 4) is 0 Å². The van der Waals surface area contributed by atoms with Gasteiger partial charge in [0.25, 0.3) is 0 Å². The van der Waals surface area contributed by atoms with Gasteiger partial charge in [-0.25, -0.2) is 9.18 Å². The number of ether oxygens (including phenoxy) is 3. The molecule has 2 atom stereocenters. The maximum atomic E-state index is 14.2. The molecule has 0 amide bonds. The van der Waals surface area contributed by atoms with Gasteiger partial charge in [0, 0.05) is 11.6 Å². The summed E-state index contributed by atoms with van der Waals surface area (Å²) in [7, 11) is 0. The lowest BCUT2D eigenvalue weighted by molar-refractivity contribution is -0.137. The van der Waals surface area contributed by atoms with Gasteiger partial charge >= 0.3 is 5.97 Å². The Kier molecular flexibility index (Phi) is 6.74. The Morgan fingerprint density at radius 1 is 1.48 bits per heavy atom. The van der Waals surface area contributed by atoms with Gasteiger partial charge in [0.2, 0.25) is 0 Å². The van der Waals surface area contributed by atoms with E-state index in [0.717, 1.165) is 25.0 Å². The molecule has 1 fully saturated rings. The fourth-order valence-corrected chi connectivity index (χ4v) is 2.33. The van der Waals surface area contributed by atoms with Crippen LogP contribution in [-0.2, 0) is 19.0 Å². The van der Waals surface area contributed by atoms with Gasteiger partial charge in [-0.15, -0.1) is 0 Å². The highest BCUT2D eigenvalue weighted by Gasteiger charge is 2.25. The highest BCUT2D eigenvalue weighted by Crippen LogP contribution is 2.29. The van der Waals surface area contributed by atoms with Crippen molar-refractivity contribution in [2.75, 3.05) is 19.8 Å². The van der Waals surface area contributed by atoms with Crippen LogP contribution in [0.5, 0.6) is 0 Å². The molecular weight excluding hydrogens is 299 g/mol. The van der Waals surface area contributed by atoms with Crippen molar-refractivity contribution in [2.45, 2.75) is 38.9 Å². The molecule has 126 valence electrons. The molecule has 23 heavy (non-hydrogen) atoms. The molecule has 1 aromatic carbocycles. The number of hydrogen-bond acceptors (Lipinski definition) is 4. The van der Waals surface area contributed by atoms with Crippen molar-refractivity contribution in [3.63, 3.8) is 0 Å². The van der Waals surface area contributed by atoms with Gasteiger partial charge < -0.3 is 14.2 Å². The first-order valence-electron chi connectivity index (χ1n) is 8.02. The first-order chi connectivity index (χ1) is 11.2. The summed E-state index contributed by atoms with van der Waals surface area (Å²) in [6, 6.07) is 4.87. The van der Waals surface area contributed by atoms with Crippen LogP contribution in [0, 0.1) is 5.82 Å². The van der Waals surface area contributed by atoms with Gasteiger partial charge in [-0.3, -0.25) is 0 Å². The van der Waals surface area contributed by atoms with Crippen LogP contribution in [0.25, 0.3) is 6.08 Å². The number of rotatable bonds is 9. The lowest BCUT2D eigenvalue weighted by atomic mass is 9.98. The Hall–Kier alpha value is -1.72. The van der Waals surface area contributed by atoms with E-state index in [-0.39, 0.29) is 24.6 Å². The Morgan fingerprint density at radius 3 is 2.91 bits per heavy atom. The topological polar surface area (TPSA) is 48.1 Å². The Labute approximate surface area is 136 Å². The van der Waals surface area contributed by atoms with Crippen LogP contribution >= 0.6 is 0 Å². The monoisotopic (exact) mass is 322 g/mol. The van der Waals surface area contributed by atoms with Gasteiger partial charge in [-0.2, -0.15) is 0 Å². The van der Waals surface area contributed by atoms with Crippen LogP contribution in [0.15, 0.2) is 24.3 Å². The van der Waals surface area contributed by atoms with E-state index in [1.54, 1.807) is 13.0 Å². The zero-order chi connectivity index (χ0) is 16.7. The van der Waals surface area contributed by atoms with E-state index in [2.05, 4.69) is 6.92 Å². The first-order valence-corrected chi connectivity index (χ1v) is 8.02. The molecule has 1 heterocycles. The van der Waals surface area contributed by atoms with Crippen molar-refractivity contribution >= 4 is 12.0 Å². The summed E-state index contributed by atoms with van der Waals surface area (Å²) in [6.45, 7) is 5.29. The molecule has 0 spiro atoms. The van der Waals surface area contributed by atoms with E-state index in [0.29, 0.717) is 12.2 Å². The molecule has 0 bridgehead atoms. The third-order valence-corrected chi connectivity index (χ3v) is 3.54. The molecule has 1 saturated heterocycles. The number of epoxide rings is 1. The van der Waals surface area contributed by atoms with Crippen molar-refractivity contribution in [3.05, 3.63) is 41.2 Å². The van der Waals surface area contributed by atoms with Gasteiger partial charge in [-0.05, 0) is 31.1 Å². The van der Waals surface area contributed by atoms with Crippen molar-refractivity contribution in [1.82, 2.24) is 0 Å². The molecule has 0 radical (unpaired) electrons. The van der Waals surface area contributed by atoms with E-state index >= 15 is 0 Å². The lowest BCUT2D eigenvalue weighted by Crippen LogP contribution is -2.11. The largest absolute Gasteiger partial charge is 0.463 e. The van der Waals surface area contributed by atoms with Crippen molar-refractivity contribution in [2.24, 2.45) is 0 Å². The predicted molar refractivity (Wildman–Crippen MR) is 85.4 cm³/mol. The first kappa shape index (κ1) is 17.6. The van der Waals surface area contributed by atoms with Crippen molar-refractivity contribution in [1.29, 1.82) is 0 Å². The average Bonchev–Trinajstić information content (AvgIpc) is 3.34. The van der Waals surface area contributed by atoms with Crippen LogP contribution in [0.4, 0.5) is 4.39 Å². The molecule has 1 aliphatic rings. The number of carbonyl (C=O) groups is 1. The molecular formula is C18H23FO4. The summed E-state index contributed by atoms with van der Waals surface area (Å²) >= 11 is 0. The van der Waals surface area contributed by atoms with Gasteiger partial charge in [0.15, 0.2) is 0 Å². The Balaban J connectivity index is 2.20. The number of hydrogen-bond donors (Lipinski definition) is 0. The fourth-order valence-electron chi connectivity index (χ4n) is 2.33. The number of benzene rings is 1. The summed E-state index contributed by atoms with van der Waals surface area (Å²) in [5.41, 5.74) is 1.11. The number of esters is 1. The third-order valence-electron chi connectivity index (χ3n) is 3.54. The Bertz CT molecular complexity index is 552. The molecule has 0 aromatic heterocycles. The number of carbonyl (C=O) groups excluding carboxylic acids is 1. The molecule has 0 aliphatic carbocycles. The zero-order valence-corrected chi connectivity index (χ0v) is 13.6. The zero-order valence-electron chi connectivity index (χ0n) is 13.6. The highest BCUT2D eigenvalue weighted by atomic mass is 19.1. The van der Waals surface area contributed by atoms with Crippen molar-refractivity contribution < 1.29 is 23.4 Å². The molecule has 0 N–H and O–H groups in total. The standard InChI is InChI=1S/C18H23FO4/c1-3-6-17(23-12-13-11-22-13)15-7-5-8-16(19)14(15)9-10-18(20)21-4-2/h5,7-10,13,17H,3-4,6,11-12H2,1-2H3/t13-,17-/m1/s1. The molecule has 0 unspecified atom stereocenters. The summed E-state index contributed by atoms with van der Waals surface area (Å²) in [5, 5.41) is 0. The minimum absolute atomic E-state index is 0.154. The SMILES string of the molecule is CCC[C@@H](OC[C@H]1CO1)c1cccc(F)c1C=CC(=O)OCC. The maximum Gasteiger partial charge on any atom is 0.330 e. The summed E-state index contributed by atoms with van der Waals surface area (Å²) < 4.78 is 30.1. The quantitative estimate of drug-likeness (QED) is 0.395. The summed E-state index contributed by atoms with van der Waals surface area (Å²) in [6.07, 6.45) is 4.33. The average molecular weight is 322 g/mol. The van der Waals surface area contributed by atoms with E-state index in [9.17, 15) is 9.18 Å². The van der Waals surface area contributed by atoms with Gasteiger partial charge in [0.05, 0.1) is 25.9 Å². The van der Waals surface area contributed by atoms with Crippen LogP contribution in [0.2, 0.25) is 0 Å². The van der Waals surface area contributed by atoms with Crippen LogP contribution < -0.4 is 0 Å². The summed E-state index contributed by atoms with van der Waals surface area (Å²) in [5.74, 6) is -0.864. The normalized spacial score (nSPS) is 18.1. The second-order valence-electron chi connectivity index (χ2n) is 5.39. The Morgan fingerprint density at radius 2 is 2.26 bits per heavy atom. The van der Waals surface area contributed by atoms with Crippen LogP contribution in [0.1, 0.15) is 43.9 Å². The molecule has 5 heteroatoms. The second-order valence-corrected chi connectivity index (χ2v) is 5.39. The third kappa shape index (κ3) is 5.44. The number of halogens is 1. The van der Waals surface area contributed by atoms with Gasteiger partial charge in [-0.1, -0.05) is 25.5 Å². The molecule has 0 saturated carbocycles. The maximum absolute atomic E-state index is 14.2. The van der Waals surface area contributed by atoms with Crippen LogP contribution in [0.3, 0.4) is 0 Å².